The van der Waals surface area contributed by atoms with Crippen molar-refractivity contribution in [3.8, 4) is 0 Å². The van der Waals surface area contributed by atoms with E-state index in [9.17, 15) is 9.59 Å². The molecule has 3 heterocycles. The number of aromatic amines is 1. The largest absolute Gasteiger partial charge is 0.351 e. The summed E-state index contributed by atoms with van der Waals surface area (Å²) in [7, 11) is 0. The lowest BCUT2D eigenvalue weighted by Gasteiger charge is -2.21. The van der Waals surface area contributed by atoms with Crippen LogP contribution in [0.25, 0.3) is 0 Å². The summed E-state index contributed by atoms with van der Waals surface area (Å²) in [5.41, 5.74) is 0.486. The first-order chi connectivity index (χ1) is 7.75. The van der Waals surface area contributed by atoms with E-state index in [1.807, 2.05) is 0 Å². The Morgan fingerprint density at radius 2 is 2.44 bits per heavy atom. The Labute approximate surface area is 92.0 Å². The second kappa shape index (κ2) is 3.33. The van der Waals surface area contributed by atoms with Crippen LogP contribution in [-0.2, 0) is 4.79 Å². The second-order valence-corrected chi connectivity index (χ2v) is 4.20. The molecule has 84 valence electrons. The van der Waals surface area contributed by atoms with Crippen LogP contribution in [0.5, 0.6) is 0 Å². The van der Waals surface area contributed by atoms with Gasteiger partial charge in [-0.2, -0.15) is 5.10 Å². The molecule has 2 saturated heterocycles. The lowest BCUT2D eigenvalue weighted by atomic mass is 10.1. The fourth-order valence-electron chi connectivity index (χ4n) is 2.51. The smallest absolute Gasteiger partial charge is 0.272 e. The first kappa shape index (κ1) is 9.38. The molecule has 1 aromatic heterocycles. The van der Waals surface area contributed by atoms with Crippen molar-refractivity contribution in [2.75, 3.05) is 6.54 Å². The third-order valence-electron chi connectivity index (χ3n) is 3.28. The Balaban J connectivity index is 1.81. The number of hydrogen-bond acceptors (Lipinski definition) is 3. The first-order valence-electron chi connectivity index (χ1n) is 5.35. The first-order valence-corrected chi connectivity index (χ1v) is 5.35. The molecule has 2 atom stereocenters. The predicted molar refractivity (Wildman–Crippen MR) is 54.6 cm³/mol. The molecule has 2 amide bonds. The van der Waals surface area contributed by atoms with E-state index in [-0.39, 0.29) is 23.9 Å². The van der Waals surface area contributed by atoms with Crippen molar-refractivity contribution >= 4 is 11.8 Å². The molecule has 2 N–H and O–H groups in total. The zero-order chi connectivity index (χ0) is 11.1. The van der Waals surface area contributed by atoms with Gasteiger partial charge >= 0.3 is 0 Å². The minimum Gasteiger partial charge on any atom is -0.351 e. The maximum Gasteiger partial charge on any atom is 0.272 e. The van der Waals surface area contributed by atoms with Gasteiger partial charge in [0.15, 0.2) is 0 Å². The van der Waals surface area contributed by atoms with Crippen LogP contribution in [0.15, 0.2) is 12.3 Å². The van der Waals surface area contributed by atoms with Crippen molar-refractivity contribution in [2.24, 2.45) is 0 Å². The highest BCUT2D eigenvalue weighted by Crippen LogP contribution is 2.26. The van der Waals surface area contributed by atoms with Gasteiger partial charge in [-0.3, -0.25) is 14.7 Å². The average Bonchev–Trinajstić information content (AvgIpc) is 2.90. The molecule has 1 aromatic rings. The predicted octanol–water partition coefficient (Wildman–Crippen LogP) is -0.487. The molecule has 2 unspecified atom stereocenters. The number of H-pyrrole nitrogens is 1. The van der Waals surface area contributed by atoms with Gasteiger partial charge in [-0.15, -0.1) is 0 Å². The van der Waals surface area contributed by atoms with E-state index in [4.69, 9.17) is 0 Å². The number of amides is 2. The summed E-state index contributed by atoms with van der Waals surface area (Å²) in [6.45, 7) is 0.702. The number of nitrogens with one attached hydrogen (secondary N) is 2. The van der Waals surface area contributed by atoms with Crippen molar-refractivity contribution in [2.45, 2.75) is 24.9 Å². The summed E-state index contributed by atoms with van der Waals surface area (Å²) in [6, 6.07) is 1.81. The third-order valence-corrected chi connectivity index (χ3v) is 3.28. The van der Waals surface area contributed by atoms with Crippen LogP contribution in [0, 0.1) is 0 Å². The van der Waals surface area contributed by atoms with Gasteiger partial charge in [0.05, 0.1) is 12.1 Å². The maximum absolute atomic E-state index is 12.1. The zero-order valence-electron chi connectivity index (χ0n) is 8.64. The molecule has 0 radical (unpaired) electrons. The molecule has 0 bridgehead atoms. The van der Waals surface area contributed by atoms with E-state index in [0.29, 0.717) is 18.7 Å². The molecule has 2 fully saturated rings. The number of fused-ring (bicyclic) bond motifs is 1. The molecule has 0 aromatic carbocycles. The standard InChI is InChI=1S/C10H12N4O2/c15-9-5-8-6(12-9)2-4-14(8)10(16)7-1-3-11-13-7/h1,3,6,8H,2,4-5H2,(H,11,13)(H,12,15). The lowest BCUT2D eigenvalue weighted by molar-refractivity contribution is -0.119. The van der Waals surface area contributed by atoms with Crippen molar-refractivity contribution in [1.82, 2.24) is 20.4 Å². The van der Waals surface area contributed by atoms with Crippen molar-refractivity contribution in [3.05, 3.63) is 18.0 Å². The topological polar surface area (TPSA) is 78.1 Å². The zero-order valence-corrected chi connectivity index (χ0v) is 8.64. The Bertz CT molecular complexity index is 428. The number of aromatic nitrogens is 2. The van der Waals surface area contributed by atoms with E-state index < -0.39 is 0 Å². The SMILES string of the molecule is O=C1CC2C(CCN2C(=O)c2ccn[nH]2)N1. The number of nitrogens with zero attached hydrogens (tertiary/aromatic N) is 2. The number of rotatable bonds is 1. The number of carbonyl (C=O) groups is 2. The third kappa shape index (κ3) is 1.30. The summed E-state index contributed by atoms with van der Waals surface area (Å²) < 4.78 is 0. The van der Waals surface area contributed by atoms with Crippen LogP contribution in [0.2, 0.25) is 0 Å². The highest BCUT2D eigenvalue weighted by Gasteiger charge is 2.43. The molecule has 2 aliphatic heterocycles. The molecule has 6 nitrogen and oxygen atoms in total. The van der Waals surface area contributed by atoms with Gasteiger partial charge in [0.2, 0.25) is 5.91 Å². The highest BCUT2D eigenvalue weighted by atomic mass is 16.2. The van der Waals surface area contributed by atoms with Gasteiger partial charge in [0, 0.05) is 19.2 Å². The van der Waals surface area contributed by atoms with Gasteiger partial charge < -0.3 is 10.2 Å². The molecule has 3 rings (SSSR count). The molecular weight excluding hydrogens is 208 g/mol. The molecule has 0 aliphatic carbocycles. The van der Waals surface area contributed by atoms with Crippen molar-refractivity contribution in [1.29, 1.82) is 0 Å². The van der Waals surface area contributed by atoms with Crippen molar-refractivity contribution < 1.29 is 9.59 Å². The lowest BCUT2D eigenvalue weighted by Crippen LogP contribution is -2.38. The molecular formula is C10H12N4O2. The minimum atomic E-state index is -0.0681. The summed E-state index contributed by atoms with van der Waals surface area (Å²) in [6.07, 6.45) is 2.82. The Kier molecular flexibility index (Phi) is 1.95. The molecule has 2 aliphatic rings. The van der Waals surface area contributed by atoms with E-state index in [1.165, 1.54) is 0 Å². The molecule has 16 heavy (non-hydrogen) atoms. The van der Waals surface area contributed by atoms with E-state index in [1.54, 1.807) is 17.2 Å². The van der Waals surface area contributed by atoms with E-state index in [2.05, 4.69) is 15.5 Å². The monoisotopic (exact) mass is 220 g/mol. The van der Waals surface area contributed by atoms with Gasteiger partial charge in [-0.1, -0.05) is 0 Å². The summed E-state index contributed by atoms with van der Waals surface area (Å²) in [5, 5.41) is 9.31. The Morgan fingerprint density at radius 3 is 3.19 bits per heavy atom. The van der Waals surface area contributed by atoms with Gasteiger partial charge in [-0.05, 0) is 12.5 Å². The van der Waals surface area contributed by atoms with Crippen LogP contribution < -0.4 is 5.32 Å². The van der Waals surface area contributed by atoms with Crippen LogP contribution in [0.4, 0.5) is 0 Å². The molecule has 6 heteroatoms. The van der Waals surface area contributed by atoms with Crippen LogP contribution in [-0.4, -0.2) is 45.5 Å². The molecule has 0 spiro atoms. The second-order valence-electron chi connectivity index (χ2n) is 4.20. The normalized spacial score (nSPS) is 28.0. The Morgan fingerprint density at radius 1 is 1.56 bits per heavy atom. The number of likely N-dealkylation sites (tertiary alicyclic amines) is 1. The molecule has 0 saturated carbocycles. The van der Waals surface area contributed by atoms with E-state index >= 15 is 0 Å². The van der Waals surface area contributed by atoms with Gasteiger partial charge in [-0.25, -0.2) is 0 Å². The Hall–Kier alpha value is -1.85. The highest BCUT2D eigenvalue weighted by molar-refractivity contribution is 5.93. The summed E-state index contributed by atoms with van der Waals surface area (Å²) in [4.78, 5) is 25.1. The maximum atomic E-state index is 12.1. The number of carbonyl (C=O) groups excluding carboxylic acids is 2. The van der Waals surface area contributed by atoms with Gasteiger partial charge in [0.1, 0.15) is 5.69 Å². The van der Waals surface area contributed by atoms with Crippen LogP contribution in [0.3, 0.4) is 0 Å². The fourth-order valence-corrected chi connectivity index (χ4v) is 2.51. The summed E-state index contributed by atoms with van der Waals surface area (Å²) >= 11 is 0. The quantitative estimate of drug-likeness (QED) is 0.670. The van der Waals surface area contributed by atoms with Gasteiger partial charge in [0.25, 0.3) is 5.91 Å². The van der Waals surface area contributed by atoms with Crippen LogP contribution in [0.1, 0.15) is 23.3 Å². The average molecular weight is 220 g/mol. The fraction of sp³-hybridized carbons (Fsp3) is 0.500. The minimum absolute atomic E-state index is 0.0169. The van der Waals surface area contributed by atoms with Crippen LogP contribution >= 0.6 is 0 Å². The number of hydrogen-bond donors (Lipinski definition) is 2. The summed E-state index contributed by atoms with van der Waals surface area (Å²) in [5.74, 6) is -0.0291. The van der Waals surface area contributed by atoms with Crippen molar-refractivity contribution in [3.63, 3.8) is 0 Å². The van der Waals surface area contributed by atoms with E-state index in [0.717, 1.165) is 6.42 Å².